The van der Waals surface area contributed by atoms with Crippen LogP contribution < -0.4 is 10.2 Å². The Labute approximate surface area is 352 Å². The number of quaternary nitrogens is 1. The number of aliphatic hydroxyl groups excluding tert-OH is 1. The number of phosphoric acid groups is 1. The summed E-state index contributed by atoms with van der Waals surface area (Å²) in [6.07, 6.45) is 50.2. The lowest BCUT2D eigenvalue weighted by atomic mass is 10.1. The molecule has 0 fully saturated rings. The van der Waals surface area contributed by atoms with Gasteiger partial charge in [-0.1, -0.05) is 172 Å². The summed E-state index contributed by atoms with van der Waals surface area (Å²) in [4.78, 5) is 25.3. The quantitative estimate of drug-likeness (QED) is 0.0275. The van der Waals surface area contributed by atoms with Gasteiger partial charge in [0.15, 0.2) is 0 Å². The van der Waals surface area contributed by atoms with E-state index in [1.807, 2.05) is 27.2 Å². The van der Waals surface area contributed by atoms with Crippen LogP contribution in [0.4, 0.5) is 0 Å². The van der Waals surface area contributed by atoms with Gasteiger partial charge in [-0.2, -0.15) is 0 Å². The molecule has 3 unspecified atom stereocenters. The molecule has 0 aromatic rings. The molecule has 9 heteroatoms. The third-order valence-corrected chi connectivity index (χ3v) is 11.2. The van der Waals surface area contributed by atoms with E-state index in [4.69, 9.17) is 9.05 Å². The highest BCUT2D eigenvalue weighted by molar-refractivity contribution is 7.45. The molecular weight excluding hydrogens is 732 g/mol. The maximum Gasteiger partial charge on any atom is 0.268 e. The number of nitrogens with one attached hydrogen (secondary N) is 1. The van der Waals surface area contributed by atoms with Gasteiger partial charge in [-0.25, -0.2) is 0 Å². The average molecular weight is 823 g/mol. The third-order valence-electron chi connectivity index (χ3n) is 10.2. The second-order valence-electron chi connectivity index (χ2n) is 17.1. The maximum absolute atomic E-state index is 12.9. The van der Waals surface area contributed by atoms with Crippen molar-refractivity contribution >= 4 is 13.7 Å². The zero-order chi connectivity index (χ0) is 42.1. The molecule has 334 valence electrons. The Kier molecular flexibility index (Phi) is 38.8. The lowest BCUT2D eigenvalue weighted by Crippen LogP contribution is -2.45. The highest BCUT2D eigenvalue weighted by atomic mass is 31.2. The Hall–Kier alpha value is -1.54. The Balaban J connectivity index is 4.48. The standard InChI is InChI=1S/C48H91N2O6P/c1-6-8-10-12-14-16-18-20-22-23-24-25-26-28-29-31-33-35-37-39-41-47(51)46(45-56-57(53,54)55-44-43-50(3,4)5)49-48(52)42-40-38-36-34-32-30-27-21-19-17-15-13-11-9-7-2/h21,25-27,31,33,39,41,46-47,51H,6-20,22-24,28-30,32,34-38,40,42-45H2,1-5H3,(H-,49,52,53,54)/b26-25+,27-21-,33-31+,41-39+. The molecule has 0 aliphatic carbocycles. The van der Waals surface area contributed by atoms with Gasteiger partial charge in [-0.15, -0.1) is 0 Å². The van der Waals surface area contributed by atoms with E-state index < -0.39 is 26.6 Å². The summed E-state index contributed by atoms with van der Waals surface area (Å²) >= 11 is 0. The Bertz CT molecular complexity index is 1070. The molecule has 0 radical (unpaired) electrons. The number of hydrogen-bond acceptors (Lipinski definition) is 6. The van der Waals surface area contributed by atoms with Crippen molar-refractivity contribution in [2.75, 3.05) is 40.9 Å². The van der Waals surface area contributed by atoms with Crippen LogP contribution in [-0.4, -0.2) is 68.5 Å². The summed E-state index contributed by atoms with van der Waals surface area (Å²) < 4.78 is 23.2. The molecule has 2 N–H and O–H groups in total. The highest BCUT2D eigenvalue weighted by Gasteiger charge is 2.23. The monoisotopic (exact) mass is 823 g/mol. The summed E-state index contributed by atoms with van der Waals surface area (Å²) in [5.74, 6) is -0.221. The lowest BCUT2D eigenvalue weighted by molar-refractivity contribution is -0.870. The number of phosphoric ester groups is 1. The molecule has 0 heterocycles. The van der Waals surface area contributed by atoms with Crippen molar-refractivity contribution < 1.29 is 32.9 Å². The van der Waals surface area contributed by atoms with Crippen LogP contribution in [0.5, 0.6) is 0 Å². The molecule has 0 aliphatic heterocycles. The Morgan fingerprint density at radius 1 is 0.596 bits per heavy atom. The van der Waals surface area contributed by atoms with Gasteiger partial charge < -0.3 is 28.8 Å². The number of unbranched alkanes of at least 4 members (excludes halogenated alkanes) is 23. The van der Waals surface area contributed by atoms with Crippen molar-refractivity contribution in [3.05, 3.63) is 48.6 Å². The van der Waals surface area contributed by atoms with Crippen LogP contribution in [0.15, 0.2) is 48.6 Å². The summed E-state index contributed by atoms with van der Waals surface area (Å²) in [6, 6.07) is -0.913. The van der Waals surface area contributed by atoms with Crippen LogP contribution in [0.2, 0.25) is 0 Å². The van der Waals surface area contributed by atoms with Crippen molar-refractivity contribution in [3.63, 3.8) is 0 Å². The van der Waals surface area contributed by atoms with E-state index in [-0.39, 0.29) is 12.5 Å². The molecule has 57 heavy (non-hydrogen) atoms. The Morgan fingerprint density at radius 2 is 0.982 bits per heavy atom. The van der Waals surface area contributed by atoms with E-state index in [1.165, 1.54) is 116 Å². The first-order chi connectivity index (χ1) is 27.5. The van der Waals surface area contributed by atoms with Gasteiger partial charge in [0, 0.05) is 6.42 Å². The zero-order valence-electron chi connectivity index (χ0n) is 37.8. The number of hydrogen-bond donors (Lipinski definition) is 2. The first-order valence-electron chi connectivity index (χ1n) is 23.5. The van der Waals surface area contributed by atoms with Crippen LogP contribution in [-0.2, 0) is 18.4 Å². The van der Waals surface area contributed by atoms with Gasteiger partial charge in [0.2, 0.25) is 5.91 Å². The molecular formula is C48H91N2O6P. The van der Waals surface area contributed by atoms with Crippen molar-refractivity contribution in [3.8, 4) is 0 Å². The second-order valence-corrected chi connectivity index (χ2v) is 18.5. The lowest BCUT2D eigenvalue weighted by Gasteiger charge is -2.29. The number of rotatable bonds is 42. The van der Waals surface area contributed by atoms with Crippen molar-refractivity contribution in [1.82, 2.24) is 5.32 Å². The first-order valence-corrected chi connectivity index (χ1v) is 25.0. The fraction of sp³-hybridized carbons (Fsp3) is 0.812. The molecule has 0 saturated heterocycles. The van der Waals surface area contributed by atoms with E-state index in [0.29, 0.717) is 17.4 Å². The SMILES string of the molecule is CCCCCCCC/C=C\CCCCCCCC(=O)NC(COP(=O)([O-])OCC[N+](C)(C)C)C(O)/C=C/CC/C=C/CC/C=C/CCCCCCCCCCCC. The van der Waals surface area contributed by atoms with Crippen molar-refractivity contribution in [2.45, 2.75) is 212 Å². The minimum atomic E-state index is -4.60. The van der Waals surface area contributed by atoms with Gasteiger partial charge in [0.25, 0.3) is 7.82 Å². The highest BCUT2D eigenvalue weighted by Crippen LogP contribution is 2.38. The molecule has 0 aromatic heterocycles. The van der Waals surface area contributed by atoms with Crippen LogP contribution in [0.1, 0.15) is 200 Å². The van der Waals surface area contributed by atoms with E-state index in [1.54, 1.807) is 6.08 Å². The van der Waals surface area contributed by atoms with Crippen LogP contribution in [0.3, 0.4) is 0 Å². The number of amides is 1. The summed E-state index contributed by atoms with van der Waals surface area (Å²) in [6.45, 7) is 4.60. The molecule has 0 bridgehead atoms. The molecule has 0 aliphatic rings. The number of carbonyl (C=O) groups excluding carboxylic acids is 1. The second kappa shape index (κ2) is 39.9. The molecule has 0 spiro atoms. The molecule has 3 atom stereocenters. The number of allylic oxidation sites excluding steroid dienone is 7. The van der Waals surface area contributed by atoms with E-state index in [2.05, 4.69) is 55.6 Å². The smallest absolute Gasteiger partial charge is 0.268 e. The predicted molar refractivity (Wildman–Crippen MR) is 242 cm³/mol. The molecule has 8 nitrogen and oxygen atoms in total. The number of nitrogens with zero attached hydrogens (tertiary/aromatic N) is 1. The first kappa shape index (κ1) is 55.5. The summed E-state index contributed by atoms with van der Waals surface area (Å²) in [7, 11) is 1.23. The molecule has 0 saturated carbocycles. The van der Waals surface area contributed by atoms with Gasteiger partial charge in [-0.05, 0) is 70.6 Å². The van der Waals surface area contributed by atoms with Gasteiger partial charge in [-0.3, -0.25) is 9.36 Å². The van der Waals surface area contributed by atoms with Crippen molar-refractivity contribution in [1.29, 1.82) is 0 Å². The molecule has 0 rings (SSSR count). The van der Waals surface area contributed by atoms with E-state index >= 15 is 0 Å². The van der Waals surface area contributed by atoms with Gasteiger partial charge >= 0.3 is 0 Å². The van der Waals surface area contributed by atoms with Gasteiger partial charge in [0.1, 0.15) is 13.2 Å². The fourth-order valence-corrected chi connectivity index (χ4v) is 7.19. The Morgan fingerprint density at radius 3 is 1.42 bits per heavy atom. The number of likely N-dealkylation sites (N-methyl/N-ethyl adjacent to an activating group) is 1. The summed E-state index contributed by atoms with van der Waals surface area (Å²) in [5, 5.41) is 13.8. The number of aliphatic hydroxyl groups is 1. The minimum Gasteiger partial charge on any atom is -0.756 e. The van der Waals surface area contributed by atoms with Gasteiger partial charge in [0.05, 0.1) is 39.9 Å². The van der Waals surface area contributed by atoms with Crippen molar-refractivity contribution in [2.24, 2.45) is 0 Å². The average Bonchev–Trinajstić information content (AvgIpc) is 3.16. The van der Waals surface area contributed by atoms with Crippen LogP contribution in [0, 0.1) is 0 Å². The van der Waals surface area contributed by atoms with Crippen LogP contribution >= 0.6 is 7.82 Å². The number of carbonyl (C=O) groups is 1. The predicted octanol–water partition coefficient (Wildman–Crippen LogP) is 12.6. The molecule has 1 amide bonds. The van der Waals surface area contributed by atoms with E-state index in [0.717, 1.165) is 64.2 Å². The minimum absolute atomic E-state index is 0.0115. The van der Waals surface area contributed by atoms with Crippen LogP contribution in [0.25, 0.3) is 0 Å². The third kappa shape index (κ3) is 42.4. The topological polar surface area (TPSA) is 108 Å². The molecule has 0 aromatic carbocycles. The zero-order valence-corrected chi connectivity index (χ0v) is 38.7. The maximum atomic E-state index is 12.9. The normalized spacial score (nSPS) is 14.7. The fourth-order valence-electron chi connectivity index (χ4n) is 6.47. The summed E-state index contributed by atoms with van der Waals surface area (Å²) in [5.41, 5.74) is 0. The largest absolute Gasteiger partial charge is 0.756 e. The van der Waals surface area contributed by atoms with E-state index in [9.17, 15) is 19.4 Å².